The van der Waals surface area contributed by atoms with Crippen molar-refractivity contribution in [1.82, 2.24) is 20.2 Å². The molecule has 1 atom stereocenters. The van der Waals surface area contributed by atoms with Crippen molar-refractivity contribution in [3.63, 3.8) is 0 Å². The van der Waals surface area contributed by atoms with Crippen LogP contribution in [0.4, 0.5) is 26.3 Å². The Kier molecular flexibility index (Phi) is 7.86. The fourth-order valence-electron chi connectivity index (χ4n) is 3.61. The number of aromatic nitrogens is 2. The predicted molar refractivity (Wildman–Crippen MR) is 112 cm³/mol. The molecule has 13 heteroatoms. The third-order valence-corrected chi connectivity index (χ3v) is 5.41. The molecule has 7 nitrogen and oxygen atoms in total. The summed E-state index contributed by atoms with van der Waals surface area (Å²) in [7, 11) is 0. The standard InChI is InChI=1S/C22H22F6N4O3/c23-21(24,25)7-1-2-17-31-16(14-3-5-15(6-4-14)22(26,27)28)9-20(35)32(17)12-19(34)30-11-13-8-18(33)29-10-13/h3-6,9,13H,1-2,7-8,10-12H2,(H,29,33)(H,30,34). The van der Waals surface area contributed by atoms with Crippen LogP contribution in [0.3, 0.4) is 0 Å². The number of nitrogens with one attached hydrogen (secondary N) is 2. The van der Waals surface area contributed by atoms with E-state index in [1.54, 1.807) is 0 Å². The Bertz CT molecular complexity index is 1130. The Morgan fingerprint density at radius 2 is 1.80 bits per heavy atom. The molecule has 1 aromatic heterocycles. The maximum Gasteiger partial charge on any atom is 0.416 e. The molecule has 1 aliphatic heterocycles. The zero-order valence-electron chi connectivity index (χ0n) is 18.3. The van der Waals surface area contributed by atoms with Crippen molar-refractivity contribution >= 4 is 11.8 Å². The largest absolute Gasteiger partial charge is 0.416 e. The van der Waals surface area contributed by atoms with Crippen LogP contribution in [0.25, 0.3) is 11.3 Å². The molecule has 2 amide bonds. The highest BCUT2D eigenvalue weighted by molar-refractivity contribution is 5.79. The number of carbonyl (C=O) groups excluding carboxylic acids is 2. The van der Waals surface area contributed by atoms with E-state index in [9.17, 15) is 40.7 Å². The Morgan fingerprint density at radius 1 is 1.11 bits per heavy atom. The number of benzene rings is 1. The summed E-state index contributed by atoms with van der Waals surface area (Å²) in [5.41, 5.74) is -1.49. The summed E-state index contributed by atoms with van der Waals surface area (Å²) in [4.78, 5) is 40.6. The van der Waals surface area contributed by atoms with E-state index in [1.807, 2.05) is 0 Å². The Morgan fingerprint density at radius 3 is 2.37 bits per heavy atom. The SMILES string of the molecule is O=C1CC(CNC(=O)Cn2c(CCCC(F)(F)F)nc(-c3ccc(C(F)(F)F)cc3)cc2=O)CN1. The second kappa shape index (κ2) is 10.5. The molecule has 0 radical (unpaired) electrons. The summed E-state index contributed by atoms with van der Waals surface area (Å²) < 4.78 is 77.3. The fraction of sp³-hybridized carbons (Fsp3) is 0.455. The minimum absolute atomic E-state index is 0.0158. The normalized spacial score (nSPS) is 16.3. The molecule has 1 saturated heterocycles. The summed E-state index contributed by atoms with van der Waals surface area (Å²) in [6.07, 6.45) is -10.6. The van der Waals surface area contributed by atoms with Gasteiger partial charge in [-0.1, -0.05) is 12.1 Å². The molecule has 1 fully saturated rings. The molecule has 1 aromatic carbocycles. The zero-order valence-corrected chi connectivity index (χ0v) is 18.3. The number of carbonyl (C=O) groups is 2. The van der Waals surface area contributed by atoms with E-state index in [1.165, 1.54) is 0 Å². The van der Waals surface area contributed by atoms with Gasteiger partial charge in [-0.25, -0.2) is 4.98 Å². The second-order valence-electron chi connectivity index (χ2n) is 8.20. The average molecular weight is 504 g/mol. The molecule has 2 aromatic rings. The van der Waals surface area contributed by atoms with Crippen LogP contribution in [0.5, 0.6) is 0 Å². The third kappa shape index (κ3) is 7.55. The maximum absolute atomic E-state index is 12.8. The van der Waals surface area contributed by atoms with Gasteiger partial charge in [0, 0.05) is 49.9 Å². The van der Waals surface area contributed by atoms with E-state index in [0.29, 0.717) is 6.54 Å². The van der Waals surface area contributed by atoms with Gasteiger partial charge in [-0.2, -0.15) is 26.3 Å². The number of hydrogen-bond donors (Lipinski definition) is 2. The predicted octanol–water partition coefficient (Wildman–Crippen LogP) is 3.07. The lowest BCUT2D eigenvalue weighted by atomic mass is 10.1. The third-order valence-electron chi connectivity index (χ3n) is 5.41. The van der Waals surface area contributed by atoms with Crippen LogP contribution in [0.15, 0.2) is 35.1 Å². The first-order valence-corrected chi connectivity index (χ1v) is 10.7. The van der Waals surface area contributed by atoms with Crippen LogP contribution in [-0.2, 0) is 28.7 Å². The van der Waals surface area contributed by atoms with Crippen molar-refractivity contribution in [2.24, 2.45) is 5.92 Å². The van der Waals surface area contributed by atoms with E-state index < -0.39 is 48.8 Å². The lowest BCUT2D eigenvalue weighted by Crippen LogP contribution is -2.37. The smallest absolute Gasteiger partial charge is 0.356 e. The monoisotopic (exact) mass is 504 g/mol. The van der Waals surface area contributed by atoms with Crippen molar-refractivity contribution in [1.29, 1.82) is 0 Å². The number of amides is 2. The molecule has 1 unspecified atom stereocenters. The summed E-state index contributed by atoms with van der Waals surface area (Å²) in [6, 6.07) is 4.85. The van der Waals surface area contributed by atoms with Gasteiger partial charge in [-0.15, -0.1) is 0 Å². The first-order valence-electron chi connectivity index (χ1n) is 10.7. The quantitative estimate of drug-likeness (QED) is 0.541. The molecule has 190 valence electrons. The summed E-state index contributed by atoms with van der Waals surface area (Å²) in [5.74, 6) is -0.942. The topological polar surface area (TPSA) is 93.1 Å². The molecular weight excluding hydrogens is 482 g/mol. The van der Waals surface area contributed by atoms with E-state index >= 15 is 0 Å². The molecule has 1 aliphatic rings. The Hall–Kier alpha value is -3.38. The lowest BCUT2D eigenvalue weighted by Gasteiger charge is -2.15. The number of aryl methyl sites for hydroxylation is 1. The first-order chi connectivity index (χ1) is 16.3. The molecular formula is C22H22F6N4O3. The van der Waals surface area contributed by atoms with Crippen molar-refractivity contribution in [2.75, 3.05) is 13.1 Å². The lowest BCUT2D eigenvalue weighted by molar-refractivity contribution is -0.137. The van der Waals surface area contributed by atoms with E-state index in [0.717, 1.165) is 34.9 Å². The summed E-state index contributed by atoms with van der Waals surface area (Å²) in [5, 5.41) is 5.21. The molecule has 3 rings (SSSR count). The van der Waals surface area contributed by atoms with Gasteiger partial charge in [0.05, 0.1) is 11.3 Å². The van der Waals surface area contributed by atoms with E-state index in [-0.39, 0.29) is 48.3 Å². The van der Waals surface area contributed by atoms with Crippen molar-refractivity contribution < 1.29 is 35.9 Å². The van der Waals surface area contributed by atoms with Crippen LogP contribution in [0.1, 0.15) is 30.7 Å². The van der Waals surface area contributed by atoms with Gasteiger partial charge >= 0.3 is 12.4 Å². The molecule has 0 bridgehead atoms. The molecule has 0 aliphatic carbocycles. The molecule has 0 spiro atoms. The maximum atomic E-state index is 12.8. The Labute approximate surface area is 195 Å². The minimum atomic E-state index is -4.56. The number of hydrogen-bond acceptors (Lipinski definition) is 4. The van der Waals surface area contributed by atoms with Crippen LogP contribution in [0.2, 0.25) is 0 Å². The van der Waals surface area contributed by atoms with Crippen LogP contribution < -0.4 is 16.2 Å². The first kappa shape index (κ1) is 26.2. The highest BCUT2D eigenvalue weighted by atomic mass is 19.4. The van der Waals surface area contributed by atoms with Crippen LogP contribution >= 0.6 is 0 Å². The average Bonchev–Trinajstić information content (AvgIpc) is 3.18. The van der Waals surface area contributed by atoms with Gasteiger partial charge in [0.15, 0.2) is 0 Å². The van der Waals surface area contributed by atoms with E-state index in [2.05, 4.69) is 15.6 Å². The van der Waals surface area contributed by atoms with Crippen molar-refractivity contribution in [3.8, 4) is 11.3 Å². The molecule has 0 saturated carbocycles. The summed E-state index contributed by atoms with van der Waals surface area (Å²) in [6.45, 7) is 0.0620. The molecule has 35 heavy (non-hydrogen) atoms. The number of alkyl halides is 6. The van der Waals surface area contributed by atoms with Gasteiger partial charge in [0.2, 0.25) is 11.8 Å². The fourth-order valence-corrected chi connectivity index (χ4v) is 3.61. The van der Waals surface area contributed by atoms with Crippen molar-refractivity contribution in [3.05, 3.63) is 52.1 Å². The van der Waals surface area contributed by atoms with Crippen LogP contribution in [-0.4, -0.2) is 40.6 Å². The van der Waals surface area contributed by atoms with Gasteiger partial charge in [0.25, 0.3) is 5.56 Å². The van der Waals surface area contributed by atoms with Crippen molar-refractivity contribution in [2.45, 2.75) is 44.6 Å². The summed E-state index contributed by atoms with van der Waals surface area (Å²) >= 11 is 0. The van der Waals surface area contributed by atoms with Crippen LogP contribution in [0, 0.1) is 5.92 Å². The second-order valence-corrected chi connectivity index (χ2v) is 8.20. The zero-order chi connectivity index (χ0) is 25.8. The van der Waals surface area contributed by atoms with Gasteiger partial charge in [0.1, 0.15) is 12.4 Å². The highest BCUT2D eigenvalue weighted by Gasteiger charge is 2.30. The number of rotatable bonds is 8. The van der Waals surface area contributed by atoms with Gasteiger partial charge < -0.3 is 10.6 Å². The number of halogens is 6. The minimum Gasteiger partial charge on any atom is -0.356 e. The van der Waals surface area contributed by atoms with E-state index in [4.69, 9.17) is 0 Å². The number of nitrogens with zero attached hydrogens (tertiary/aromatic N) is 2. The molecule has 2 N–H and O–H groups in total. The molecule has 2 heterocycles. The Balaban J connectivity index is 1.82. The van der Waals surface area contributed by atoms with Gasteiger partial charge in [-0.3, -0.25) is 19.0 Å². The highest BCUT2D eigenvalue weighted by Crippen LogP contribution is 2.30. The van der Waals surface area contributed by atoms with Gasteiger partial charge in [-0.05, 0) is 18.6 Å².